The molecular weight excluding hydrogens is 235 g/mol. The number of aryl methyl sites for hydroxylation is 1. The molecule has 0 aliphatic carbocycles. The van der Waals surface area contributed by atoms with Gasteiger partial charge in [-0.3, -0.25) is 4.98 Å². The number of aromatic nitrogens is 1. The van der Waals surface area contributed by atoms with Crippen LogP contribution in [0.1, 0.15) is 17.0 Å². The van der Waals surface area contributed by atoms with E-state index in [0.29, 0.717) is 5.69 Å². The van der Waals surface area contributed by atoms with Crippen molar-refractivity contribution in [2.24, 2.45) is 5.73 Å². The summed E-state index contributed by atoms with van der Waals surface area (Å²) in [5.41, 5.74) is 6.08. The molecule has 0 aliphatic heterocycles. The van der Waals surface area contributed by atoms with E-state index in [0.717, 1.165) is 6.07 Å². The molecule has 0 aliphatic rings. The largest absolute Gasteiger partial charge is 0.573 e. The third-order valence-electron chi connectivity index (χ3n) is 2.03. The van der Waals surface area contributed by atoms with Gasteiger partial charge in [0.05, 0.1) is 18.2 Å². The van der Waals surface area contributed by atoms with Gasteiger partial charge >= 0.3 is 6.36 Å². The second-order valence-corrected chi connectivity index (χ2v) is 3.26. The number of nitriles is 1. The van der Waals surface area contributed by atoms with E-state index >= 15 is 0 Å². The van der Waals surface area contributed by atoms with Crippen LogP contribution < -0.4 is 10.5 Å². The predicted octanol–water partition coefficient (Wildman–Crippen LogP) is 1.81. The van der Waals surface area contributed by atoms with Crippen LogP contribution in [0.2, 0.25) is 0 Å². The Balaban J connectivity index is 3.20. The monoisotopic (exact) mass is 245 g/mol. The topological polar surface area (TPSA) is 71.9 Å². The third kappa shape index (κ3) is 3.60. The minimum absolute atomic E-state index is 0.0834. The molecule has 1 aromatic heterocycles. The van der Waals surface area contributed by atoms with Crippen LogP contribution in [0, 0.1) is 18.3 Å². The van der Waals surface area contributed by atoms with Crippen LogP contribution in [0.3, 0.4) is 0 Å². The molecule has 7 heteroatoms. The van der Waals surface area contributed by atoms with Gasteiger partial charge in [-0.25, -0.2) is 0 Å². The highest BCUT2D eigenvalue weighted by molar-refractivity contribution is 5.38. The Morgan fingerprint density at radius 1 is 1.53 bits per heavy atom. The number of nitrogens with two attached hydrogens (primary N) is 1. The lowest BCUT2D eigenvalue weighted by atomic mass is 10.1. The van der Waals surface area contributed by atoms with Gasteiger partial charge in [0, 0.05) is 23.9 Å². The number of alkyl halides is 3. The van der Waals surface area contributed by atoms with Crippen molar-refractivity contribution in [2.75, 3.05) is 0 Å². The summed E-state index contributed by atoms with van der Waals surface area (Å²) in [5, 5.41) is 8.48. The van der Waals surface area contributed by atoms with Crippen LogP contribution in [0.25, 0.3) is 0 Å². The maximum Gasteiger partial charge on any atom is 0.573 e. The van der Waals surface area contributed by atoms with Gasteiger partial charge in [-0.1, -0.05) is 0 Å². The minimum atomic E-state index is -4.79. The summed E-state index contributed by atoms with van der Waals surface area (Å²) >= 11 is 0. The highest BCUT2D eigenvalue weighted by Crippen LogP contribution is 2.28. The van der Waals surface area contributed by atoms with E-state index in [9.17, 15) is 13.2 Å². The molecule has 0 saturated heterocycles. The Bertz CT molecular complexity index is 451. The molecule has 0 fully saturated rings. The van der Waals surface area contributed by atoms with Gasteiger partial charge in [-0.15, -0.1) is 13.2 Å². The first-order valence-corrected chi connectivity index (χ1v) is 4.69. The average Bonchev–Trinajstić information content (AvgIpc) is 2.15. The summed E-state index contributed by atoms with van der Waals surface area (Å²) < 4.78 is 40.3. The number of ether oxygens (including phenoxy) is 1. The lowest BCUT2D eigenvalue weighted by Crippen LogP contribution is -2.19. The van der Waals surface area contributed by atoms with Gasteiger partial charge in [0.25, 0.3) is 0 Å². The second kappa shape index (κ2) is 5.01. The van der Waals surface area contributed by atoms with Gasteiger partial charge in [-0.2, -0.15) is 5.26 Å². The molecule has 0 amide bonds. The molecule has 1 heterocycles. The predicted molar refractivity (Wildman–Crippen MR) is 52.9 cm³/mol. The van der Waals surface area contributed by atoms with E-state index in [2.05, 4.69) is 9.72 Å². The van der Waals surface area contributed by atoms with Crippen LogP contribution in [0.4, 0.5) is 13.2 Å². The average molecular weight is 245 g/mol. The zero-order valence-corrected chi connectivity index (χ0v) is 9.01. The van der Waals surface area contributed by atoms with E-state index in [-0.39, 0.29) is 24.2 Å². The van der Waals surface area contributed by atoms with Gasteiger partial charge in [-0.05, 0) is 6.92 Å². The van der Waals surface area contributed by atoms with Crippen molar-refractivity contribution in [3.05, 3.63) is 23.0 Å². The smallest absolute Gasteiger partial charge is 0.405 e. The van der Waals surface area contributed by atoms with Crippen molar-refractivity contribution >= 4 is 0 Å². The zero-order valence-electron chi connectivity index (χ0n) is 9.01. The summed E-state index contributed by atoms with van der Waals surface area (Å²) in [4.78, 5) is 3.97. The van der Waals surface area contributed by atoms with E-state index < -0.39 is 12.1 Å². The highest BCUT2D eigenvalue weighted by Gasteiger charge is 2.32. The molecule has 0 bridgehead atoms. The van der Waals surface area contributed by atoms with Crippen LogP contribution in [-0.2, 0) is 13.0 Å². The molecule has 17 heavy (non-hydrogen) atoms. The fourth-order valence-corrected chi connectivity index (χ4v) is 1.37. The summed E-state index contributed by atoms with van der Waals surface area (Å²) in [6.07, 6.45) is -4.87. The fraction of sp³-hybridized carbons (Fsp3) is 0.400. The number of hydrogen-bond acceptors (Lipinski definition) is 4. The van der Waals surface area contributed by atoms with E-state index in [1.54, 1.807) is 0 Å². The van der Waals surface area contributed by atoms with Crippen molar-refractivity contribution in [3.8, 4) is 11.8 Å². The van der Waals surface area contributed by atoms with Gasteiger partial charge < -0.3 is 10.5 Å². The first-order valence-electron chi connectivity index (χ1n) is 4.69. The molecule has 4 nitrogen and oxygen atoms in total. The van der Waals surface area contributed by atoms with Gasteiger partial charge in [0.2, 0.25) is 0 Å². The Hall–Kier alpha value is -1.81. The molecule has 0 aromatic carbocycles. The molecule has 0 spiro atoms. The third-order valence-corrected chi connectivity index (χ3v) is 2.03. The molecular formula is C10H10F3N3O. The van der Waals surface area contributed by atoms with Crippen molar-refractivity contribution in [1.82, 2.24) is 4.98 Å². The Labute approximate surface area is 95.8 Å². The quantitative estimate of drug-likeness (QED) is 0.881. The molecule has 1 rings (SSSR count). The molecule has 0 atom stereocenters. The summed E-state index contributed by atoms with van der Waals surface area (Å²) in [7, 11) is 0. The zero-order chi connectivity index (χ0) is 13.1. The maximum atomic E-state index is 12.2. The Morgan fingerprint density at radius 2 is 2.18 bits per heavy atom. The van der Waals surface area contributed by atoms with Gasteiger partial charge in [0.1, 0.15) is 5.75 Å². The van der Waals surface area contributed by atoms with E-state index in [1.807, 2.05) is 6.07 Å². The van der Waals surface area contributed by atoms with E-state index in [1.165, 1.54) is 6.92 Å². The Morgan fingerprint density at radius 3 is 2.65 bits per heavy atom. The van der Waals surface area contributed by atoms with Crippen LogP contribution in [0.15, 0.2) is 6.07 Å². The molecule has 2 N–H and O–H groups in total. The number of hydrogen-bond donors (Lipinski definition) is 1. The lowest BCUT2D eigenvalue weighted by Gasteiger charge is -2.14. The van der Waals surface area contributed by atoms with Crippen molar-refractivity contribution in [2.45, 2.75) is 26.3 Å². The Kier molecular flexibility index (Phi) is 3.91. The van der Waals surface area contributed by atoms with Crippen molar-refractivity contribution in [3.63, 3.8) is 0 Å². The van der Waals surface area contributed by atoms with Crippen molar-refractivity contribution in [1.29, 1.82) is 5.26 Å². The molecule has 1 aromatic rings. The van der Waals surface area contributed by atoms with Crippen LogP contribution in [0.5, 0.6) is 5.75 Å². The molecule has 0 saturated carbocycles. The van der Waals surface area contributed by atoms with Crippen LogP contribution in [-0.4, -0.2) is 11.3 Å². The number of rotatable bonds is 3. The highest BCUT2D eigenvalue weighted by atomic mass is 19.4. The lowest BCUT2D eigenvalue weighted by molar-refractivity contribution is -0.274. The van der Waals surface area contributed by atoms with Gasteiger partial charge in [0.15, 0.2) is 0 Å². The number of nitrogens with zero attached hydrogens (tertiary/aromatic N) is 2. The van der Waals surface area contributed by atoms with Crippen LogP contribution >= 0.6 is 0 Å². The molecule has 0 unspecified atom stereocenters. The molecule has 92 valence electrons. The number of halogens is 3. The normalized spacial score (nSPS) is 11.1. The maximum absolute atomic E-state index is 12.2. The number of pyridine rings is 1. The second-order valence-electron chi connectivity index (χ2n) is 3.26. The SMILES string of the molecule is Cc1nc(CC#N)cc(OC(F)(F)F)c1CN. The first kappa shape index (κ1) is 13.3. The summed E-state index contributed by atoms with van der Waals surface area (Å²) in [6, 6.07) is 2.90. The fourth-order valence-electron chi connectivity index (χ4n) is 1.37. The summed E-state index contributed by atoms with van der Waals surface area (Å²) in [5.74, 6) is -0.391. The molecule has 0 radical (unpaired) electrons. The minimum Gasteiger partial charge on any atom is -0.405 e. The standard InChI is InChI=1S/C10H10F3N3O/c1-6-8(5-15)9(17-10(11,12)13)4-7(16-6)2-3-14/h4H,2,5,15H2,1H3. The summed E-state index contributed by atoms with van der Waals surface area (Å²) in [6.45, 7) is 1.41. The van der Waals surface area contributed by atoms with Crippen molar-refractivity contribution < 1.29 is 17.9 Å². The first-order chi connectivity index (χ1) is 7.87. The van der Waals surface area contributed by atoms with E-state index in [4.69, 9.17) is 11.0 Å².